The Bertz CT molecular complexity index is 364. The summed E-state index contributed by atoms with van der Waals surface area (Å²) in [4.78, 5) is 15.9. The van der Waals surface area contributed by atoms with E-state index in [-0.39, 0.29) is 5.56 Å². The highest BCUT2D eigenvalue weighted by molar-refractivity contribution is 14.1. The zero-order valence-electron chi connectivity index (χ0n) is 8.29. The lowest BCUT2D eigenvalue weighted by Gasteiger charge is -2.08. The summed E-state index contributed by atoms with van der Waals surface area (Å²) in [6, 6.07) is 0. The van der Waals surface area contributed by atoms with E-state index in [1.807, 2.05) is 41.3 Å². The summed E-state index contributed by atoms with van der Waals surface area (Å²) in [6.45, 7) is 4.74. The molecule has 0 radical (unpaired) electrons. The average Bonchev–Trinajstić information content (AvgIpc) is 2.18. The Balaban J connectivity index is 2.84. The number of halogens is 1. The van der Waals surface area contributed by atoms with Crippen LogP contribution in [0.5, 0.6) is 0 Å². The predicted octanol–water partition coefficient (Wildman–Crippen LogP) is 1.91. The average molecular weight is 324 g/mol. The standard InChI is InChI=1S/C9H13IN2OS/c1-3-14-5-4-12-7(2)11-6-8(10)9(12)13/h6H,3-5H2,1-2H3. The zero-order chi connectivity index (χ0) is 10.6. The van der Waals surface area contributed by atoms with Crippen molar-refractivity contribution in [2.24, 2.45) is 0 Å². The fraction of sp³-hybridized carbons (Fsp3) is 0.556. The van der Waals surface area contributed by atoms with Gasteiger partial charge in [0, 0.05) is 18.5 Å². The van der Waals surface area contributed by atoms with E-state index < -0.39 is 0 Å². The Kier molecular flexibility index (Phi) is 4.94. The Morgan fingerprint density at radius 1 is 1.64 bits per heavy atom. The number of aromatic nitrogens is 2. The van der Waals surface area contributed by atoms with Crippen molar-refractivity contribution in [3.05, 3.63) is 25.9 Å². The molecule has 0 N–H and O–H groups in total. The van der Waals surface area contributed by atoms with Gasteiger partial charge >= 0.3 is 0 Å². The van der Waals surface area contributed by atoms with E-state index in [4.69, 9.17) is 0 Å². The molecule has 78 valence electrons. The monoisotopic (exact) mass is 324 g/mol. The van der Waals surface area contributed by atoms with Gasteiger partial charge in [0.1, 0.15) is 5.82 Å². The third kappa shape index (κ3) is 2.98. The molecule has 1 aromatic heterocycles. The maximum absolute atomic E-state index is 11.7. The van der Waals surface area contributed by atoms with Crippen LogP contribution >= 0.6 is 34.4 Å². The van der Waals surface area contributed by atoms with E-state index in [1.165, 1.54) is 0 Å². The van der Waals surface area contributed by atoms with Gasteiger partial charge in [-0.1, -0.05) is 6.92 Å². The quantitative estimate of drug-likeness (QED) is 0.627. The van der Waals surface area contributed by atoms with E-state index >= 15 is 0 Å². The Hall–Kier alpha value is -0.0400. The number of hydrogen-bond donors (Lipinski definition) is 0. The Labute approximate surface area is 101 Å². The maximum atomic E-state index is 11.7. The van der Waals surface area contributed by atoms with Crippen LogP contribution in [0.2, 0.25) is 0 Å². The summed E-state index contributed by atoms with van der Waals surface area (Å²) in [6.07, 6.45) is 1.63. The van der Waals surface area contributed by atoms with Crippen LogP contribution in [0.4, 0.5) is 0 Å². The molecule has 1 aromatic rings. The fourth-order valence-electron chi connectivity index (χ4n) is 1.11. The van der Waals surface area contributed by atoms with Gasteiger partial charge in [-0.05, 0) is 35.3 Å². The number of aryl methyl sites for hydroxylation is 1. The molecule has 0 aliphatic rings. The highest BCUT2D eigenvalue weighted by atomic mass is 127. The molecular formula is C9H13IN2OS. The topological polar surface area (TPSA) is 34.9 Å². The van der Waals surface area contributed by atoms with Gasteiger partial charge in [0.2, 0.25) is 0 Å². The first-order valence-electron chi connectivity index (χ1n) is 4.46. The molecule has 3 nitrogen and oxygen atoms in total. The fourth-order valence-corrected chi connectivity index (χ4v) is 2.15. The Morgan fingerprint density at radius 2 is 2.36 bits per heavy atom. The van der Waals surface area contributed by atoms with Crippen molar-refractivity contribution in [1.29, 1.82) is 0 Å². The van der Waals surface area contributed by atoms with Gasteiger partial charge < -0.3 is 0 Å². The molecule has 0 saturated carbocycles. The van der Waals surface area contributed by atoms with Crippen LogP contribution in [0.1, 0.15) is 12.7 Å². The molecule has 1 heterocycles. The van der Waals surface area contributed by atoms with Crippen LogP contribution in [0, 0.1) is 10.5 Å². The maximum Gasteiger partial charge on any atom is 0.266 e. The molecule has 0 atom stereocenters. The van der Waals surface area contributed by atoms with Crippen LogP contribution in [0.3, 0.4) is 0 Å². The van der Waals surface area contributed by atoms with Gasteiger partial charge in [0.25, 0.3) is 5.56 Å². The molecule has 0 saturated heterocycles. The van der Waals surface area contributed by atoms with Gasteiger partial charge in [0.05, 0.1) is 3.57 Å². The van der Waals surface area contributed by atoms with Gasteiger partial charge in [-0.2, -0.15) is 11.8 Å². The van der Waals surface area contributed by atoms with Crippen molar-refractivity contribution in [2.75, 3.05) is 11.5 Å². The highest BCUT2D eigenvalue weighted by Crippen LogP contribution is 2.02. The molecule has 0 fully saturated rings. The first kappa shape index (κ1) is 12.0. The molecule has 0 aliphatic heterocycles. The van der Waals surface area contributed by atoms with Crippen molar-refractivity contribution in [3.63, 3.8) is 0 Å². The van der Waals surface area contributed by atoms with Gasteiger partial charge in [0.15, 0.2) is 0 Å². The number of hydrogen-bond acceptors (Lipinski definition) is 3. The number of thioether (sulfide) groups is 1. The zero-order valence-corrected chi connectivity index (χ0v) is 11.3. The second-order valence-corrected chi connectivity index (χ2v) is 5.36. The molecule has 1 rings (SSSR count). The molecular weight excluding hydrogens is 311 g/mol. The second-order valence-electron chi connectivity index (χ2n) is 2.81. The van der Waals surface area contributed by atoms with Crippen LogP contribution < -0.4 is 5.56 Å². The predicted molar refractivity (Wildman–Crippen MR) is 69.0 cm³/mol. The first-order chi connectivity index (χ1) is 6.66. The molecule has 0 aromatic carbocycles. The van der Waals surface area contributed by atoms with Gasteiger partial charge in [-0.25, -0.2) is 4.98 Å². The normalized spacial score (nSPS) is 10.5. The summed E-state index contributed by atoms with van der Waals surface area (Å²) in [5.74, 6) is 2.86. The lowest BCUT2D eigenvalue weighted by atomic mass is 10.5. The van der Waals surface area contributed by atoms with Crippen molar-refractivity contribution < 1.29 is 0 Å². The minimum absolute atomic E-state index is 0.0785. The molecule has 14 heavy (non-hydrogen) atoms. The van der Waals surface area contributed by atoms with Crippen LogP contribution in [0.15, 0.2) is 11.0 Å². The molecule has 0 spiro atoms. The van der Waals surface area contributed by atoms with Crippen LogP contribution in [-0.4, -0.2) is 21.1 Å². The van der Waals surface area contributed by atoms with Crippen molar-refractivity contribution in [3.8, 4) is 0 Å². The number of rotatable bonds is 4. The summed E-state index contributed by atoms with van der Waals surface area (Å²) < 4.78 is 2.43. The summed E-state index contributed by atoms with van der Waals surface area (Å²) in [7, 11) is 0. The number of nitrogens with zero attached hydrogens (tertiary/aromatic N) is 2. The smallest absolute Gasteiger partial charge is 0.266 e. The first-order valence-corrected chi connectivity index (χ1v) is 6.69. The lowest BCUT2D eigenvalue weighted by Crippen LogP contribution is -2.26. The second kappa shape index (κ2) is 5.75. The minimum atomic E-state index is 0.0785. The molecule has 0 aliphatic carbocycles. The van der Waals surface area contributed by atoms with Crippen molar-refractivity contribution in [1.82, 2.24) is 9.55 Å². The van der Waals surface area contributed by atoms with Crippen LogP contribution in [0.25, 0.3) is 0 Å². The molecule has 0 bridgehead atoms. The lowest BCUT2D eigenvalue weighted by molar-refractivity contribution is 0.676. The van der Waals surface area contributed by atoms with E-state index in [2.05, 4.69) is 11.9 Å². The van der Waals surface area contributed by atoms with Crippen molar-refractivity contribution >= 4 is 34.4 Å². The summed E-state index contributed by atoms with van der Waals surface area (Å²) >= 11 is 3.86. The minimum Gasteiger partial charge on any atom is -0.295 e. The van der Waals surface area contributed by atoms with E-state index in [1.54, 1.807) is 10.8 Å². The summed E-state index contributed by atoms with van der Waals surface area (Å²) in [5.41, 5.74) is 0.0785. The molecule has 5 heteroatoms. The van der Waals surface area contributed by atoms with Crippen molar-refractivity contribution in [2.45, 2.75) is 20.4 Å². The Morgan fingerprint density at radius 3 is 3.00 bits per heavy atom. The third-order valence-electron chi connectivity index (χ3n) is 1.87. The summed E-state index contributed by atoms with van der Waals surface area (Å²) in [5, 5.41) is 0. The molecule has 0 unspecified atom stereocenters. The van der Waals surface area contributed by atoms with E-state index in [9.17, 15) is 4.79 Å². The molecule has 0 amide bonds. The van der Waals surface area contributed by atoms with Gasteiger partial charge in [-0.3, -0.25) is 9.36 Å². The van der Waals surface area contributed by atoms with Gasteiger partial charge in [-0.15, -0.1) is 0 Å². The van der Waals surface area contributed by atoms with Crippen LogP contribution in [-0.2, 0) is 6.54 Å². The van der Waals surface area contributed by atoms with E-state index in [0.717, 1.165) is 23.9 Å². The third-order valence-corrected chi connectivity index (χ3v) is 3.49. The largest absolute Gasteiger partial charge is 0.295 e. The highest BCUT2D eigenvalue weighted by Gasteiger charge is 2.04. The van der Waals surface area contributed by atoms with E-state index in [0.29, 0.717) is 3.57 Å². The SMILES string of the molecule is CCSCCn1c(C)ncc(I)c1=O.